The van der Waals surface area contributed by atoms with Gasteiger partial charge in [0.15, 0.2) is 0 Å². The summed E-state index contributed by atoms with van der Waals surface area (Å²) in [6.07, 6.45) is 5.51. The van der Waals surface area contributed by atoms with Crippen LogP contribution in [0.25, 0.3) is 11.7 Å². The highest BCUT2D eigenvalue weighted by molar-refractivity contribution is 8.26. The van der Waals surface area contributed by atoms with Gasteiger partial charge in [-0.15, -0.1) is 0 Å². The highest BCUT2D eigenvalue weighted by Crippen LogP contribution is 2.38. The van der Waals surface area contributed by atoms with Gasteiger partial charge in [-0.25, -0.2) is 4.98 Å². The van der Waals surface area contributed by atoms with Crippen molar-refractivity contribution in [3.8, 4) is 0 Å². The van der Waals surface area contributed by atoms with Gasteiger partial charge in [0.2, 0.25) is 0 Å². The Bertz CT molecular complexity index is 1300. The van der Waals surface area contributed by atoms with Gasteiger partial charge >= 0.3 is 0 Å². The molecule has 1 aromatic carbocycles. The standard InChI is InChI=1S/C24H22N4O2S2/c1-16(17-9-3-2-4-10-17)28-23(30)19(32-24(28)31)15-18-21(26-12-7-8-13-26)25-20-11-5-6-14-27(20)22(18)29/h2-6,9-11,14-16H,7-8,12-13H2,1H3/b19-15-/t16-/m0/s1. The Labute approximate surface area is 195 Å². The first-order chi connectivity index (χ1) is 15.5. The Morgan fingerprint density at radius 2 is 1.78 bits per heavy atom. The van der Waals surface area contributed by atoms with Gasteiger partial charge in [0.05, 0.1) is 16.5 Å². The van der Waals surface area contributed by atoms with Crippen molar-refractivity contribution >= 4 is 51.7 Å². The summed E-state index contributed by atoms with van der Waals surface area (Å²) in [6, 6.07) is 15.1. The molecule has 0 spiro atoms. The van der Waals surface area contributed by atoms with E-state index in [1.165, 1.54) is 16.2 Å². The van der Waals surface area contributed by atoms with Crippen LogP contribution < -0.4 is 10.5 Å². The topological polar surface area (TPSA) is 57.9 Å². The third-order valence-corrected chi connectivity index (χ3v) is 7.25. The molecular weight excluding hydrogens is 440 g/mol. The number of carbonyl (C=O) groups is 1. The monoisotopic (exact) mass is 462 g/mol. The summed E-state index contributed by atoms with van der Waals surface area (Å²) in [5, 5.41) is 0. The second kappa shape index (κ2) is 8.52. The normalized spacial score (nSPS) is 18.8. The van der Waals surface area contributed by atoms with Crippen LogP contribution in [0, 0.1) is 0 Å². The van der Waals surface area contributed by atoms with E-state index in [1.807, 2.05) is 49.4 Å². The number of hydrogen-bond donors (Lipinski definition) is 0. The number of fused-ring (bicyclic) bond motifs is 1. The molecule has 0 aliphatic carbocycles. The fourth-order valence-corrected chi connectivity index (χ4v) is 5.61. The molecule has 4 heterocycles. The van der Waals surface area contributed by atoms with Crippen LogP contribution >= 0.6 is 24.0 Å². The van der Waals surface area contributed by atoms with E-state index in [0.29, 0.717) is 26.3 Å². The fraction of sp³-hybridized carbons (Fsp3) is 0.250. The zero-order valence-electron chi connectivity index (χ0n) is 17.6. The molecule has 1 atom stereocenters. The Morgan fingerprint density at radius 1 is 1.06 bits per heavy atom. The van der Waals surface area contributed by atoms with Crippen molar-refractivity contribution in [3.63, 3.8) is 0 Å². The summed E-state index contributed by atoms with van der Waals surface area (Å²) in [5.41, 5.74) is 1.86. The van der Waals surface area contributed by atoms with E-state index in [-0.39, 0.29) is 17.5 Å². The van der Waals surface area contributed by atoms with Gasteiger partial charge in [-0.2, -0.15) is 0 Å². The minimum Gasteiger partial charge on any atom is -0.356 e. The summed E-state index contributed by atoms with van der Waals surface area (Å²) in [7, 11) is 0. The van der Waals surface area contributed by atoms with Crippen LogP contribution in [-0.4, -0.2) is 37.6 Å². The van der Waals surface area contributed by atoms with E-state index in [0.717, 1.165) is 31.5 Å². The lowest BCUT2D eigenvalue weighted by Crippen LogP contribution is -2.31. The van der Waals surface area contributed by atoms with Gasteiger partial charge in [-0.05, 0) is 43.5 Å². The fourth-order valence-electron chi connectivity index (χ4n) is 4.21. The lowest BCUT2D eigenvalue weighted by Gasteiger charge is -2.23. The summed E-state index contributed by atoms with van der Waals surface area (Å²) in [6.45, 7) is 3.66. The molecule has 32 heavy (non-hydrogen) atoms. The Hall–Kier alpha value is -2.97. The number of nitrogens with zero attached hydrogens (tertiary/aromatic N) is 4. The summed E-state index contributed by atoms with van der Waals surface area (Å²) < 4.78 is 2.02. The summed E-state index contributed by atoms with van der Waals surface area (Å²) in [5.74, 6) is 0.460. The molecule has 2 aromatic heterocycles. The lowest BCUT2D eigenvalue weighted by atomic mass is 10.1. The third-order valence-electron chi connectivity index (χ3n) is 5.92. The number of carbonyl (C=O) groups excluding carboxylic acids is 1. The third kappa shape index (κ3) is 3.63. The van der Waals surface area contributed by atoms with Crippen molar-refractivity contribution in [1.29, 1.82) is 0 Å². The average Bonchev–Trinajstić information content (AvgIpc) is 3.44. The van der Waals surface area contributed by atoms with Crippen LogP contribution in [0.3, 0.4) is 0 Å². The molecule has 162 valence electrons. The molecule has 3 aromatic rings. The number of thiocarbonyl (C=S) groups is 1. The van der Waals surface area contributed by atoms with E-state index in [1.54, 1.807) is 23.2 Å². The molecule has 6 nitrogen and oxygen atoms in total. The SMILES string of the molecule is C[C@@H](c1ccccc1)N1C(=O)/C(=C/c2c(N3CCCC3)nc3ccccn3c2=O)SC1=S. The number of aromatic nitrogens is 2. The zero-order chi connectivity index (χ0) is 22.2. The predicted octanol–water partition coefficient (Wildman–Crippen LogP) is 4.26. The molecule has 0 N–H and O–H groups in total. The maximum Gasteiger partial charge on any atom is 0.267 e. The predicted molar refractivity (Wildman–Crippen MR) is 133 cm³/mol. The van der Waals surface area contributed by atoms with Gasteiger partial charge in [0.25, 0.3) is 11.5 Å². The van der Waals surface area contributed by atoms with Gasteiger partial charge < -0.3 is 4.90 Å². The number of amides is 1. The molecule has 2 aliphatic rings. The molecule has 0 bridgehead atoms. The van der Waals surface area contributed by atoms with Crippen molar-refractivity contribution in [3.05, 3.63) is 81.1 Å². The highest BCUT2D eigenvalue weighted by Gasteiger charge is 2.36. The molecule has 2 saturated heterocycles. The zero-order valence-corrected chi connectivity index (χ0v) is 19.2. The van der Waals surface area contributed by atoms with Crippen molar-refractivity contribution in [2.45, 2.75) is 25.8 Å². The Morgan fingerprint density at radius 3 is 2.53 bits per heavy atom. The second-order valence-corrected chi connectivity index (χ2v) is 9.59. The van der Waals surface area contributed by atoms with Crippen LogP contribution in [0.4, 0.5) is 5.82 Å². The molecule has 1 amide bonds. The Balaban J connectivity index is 1.59. The largest absolute Gasteiger partial charge is 0.356 e. The smallest absolute Gasteiger partial charge is 0.267 e. The van der Waals surface area contributed by atoms with E-state index in [2.05, 4.69) is 4.90 Å². The summed E-state index contributed by atoms with van der Waals surface area (Å²) in [4.78, 5) is 35.7. The van der Waals surface area contributed by atoms with E-state index < -0.39 is 0 Å². The molecule has 0 unspecified atom stereocenters. The van der Waals surface area contributed by atoms with E-state index in [4.69, 9.17) is 17.2 Å². The van der Waals surface area contributed by atoms with Crippen molar-refractivity contribution in [2.24, 2.45) is 0 Å². The van der Waals surface area contributed by atoms with Crippen LogP contribution in [0.5, 0.6) is 0 Å². The van der Waals surface area contributed by atoms with Gasteiger partial charge in [0.1, 0.15) is 15.8 Å². The average molecular weight is 463 g/mol. The quantitative estimate of drug-likeness (QED) is 0.427. The van der Waals surface area contributed by atoms with E-state index in [9.17, 15) is 9.59 Å². The van der Waals surface area contributed by atoms with Gasteiger partial charge in [-0.3, -0.25) is 18.9 Å². The first-order valence-corrected chi connectivity index (χ1v) is 11.9. The van der Waals surface area contributed by atoms with Crippen molar-refractivity contribution in [2.75, 3.05) is 18.0 Å². The van der Waals surface area contributed by atoms with Gasteiger partial charge in [-0.1, -0.05) is 60.4 Å². The van der Waals surface area contributed by atoms with Crippen molar-refractivity contribution < 1.29 is 4.79 Å². The van der Waals surface area contributed by atoms with E-state index >= 15 is 0 Å². The number of anilines is 1. The Kier molecular flexibility index (Phi) is 5.57. The maximum absolute atomic E-state index is 13.4. The maximum atomic E-state index is 13.4. The van der Waals surface area contributed by atoms with Crippen LogP contribution in [0.1, 0.15) is 36.9 Å². The second-order valence-electron chi connectivity index (χ2n) is 7.92. The van der Waals surface area contributed by atoms with Crippen LogP contribution in [0.2, 0.25) is 0 Å². The molecule has 8 heteroatoms. The lowest BCUT2D eigenvalue weighted by molar-refractivity contribution is -0.123. The van der Waals surface area contributed by atoms with Crippen LogP contribution in [0.15, 0.2) is 64.4 Å². The van der Waals surface area contributed by atoms with Crippen LogP contribution in [-0.2, 0) is 4.79 Å². The summed E-state index contributed by atoms with van der Waals surface area (Å²) >= 11 is 6.79. The van der Waals surface area contributed by atoms with Gasteiger partial charge in [0, 0.05) is 19.3 Å². The first-order valence-electron chi connectivity index (χ1n) is 10.6. The number of rotatable bonds is 4. The number of hydrogen-bond acceptors (Lipinski definition) is 6. The molecule has 2 aliphatic heterocycles. The molecule has 0 radical (unpaired) electrons. The molecule has 5 rings (SSSR count). The first kappa shape index (κ1) is 20.9. The number of thioether (sulfide) groups is 1. The highest BCUT2D eigenvalue weighted by atomic mass is 32.2. The molecule has 2 fully saturated rings. The number of pyridine rings is 1. The van der Waals surface area contributed by atoms with Crippen molar-refractivity contribution in [1.82, 2.24) is 14.3 Å². The molecule has 0 saturated carbocycles. The molecular formula is C24H22N4O2S2. The minimum atomic E-state index is -0.191. The minimum absolute atomic E-state index is 0.179. The number of benzene rings is 1.